The molecule has 1 aliphatic carbocycles. The molecule has 0 aromatic carbocycles. The molecule has 0 amide bonds. The number of thiophene rings is 1. The summed E-state index contributed by atoms with van der Waals surface area (Å²) < 4.78 is 0. The Bertz CT molecular complexity index is 341. The number of carbonyl (C=O) groups excluding carboxylic acids is 1. The number of Topliss-reactive ketones (excluding diaryl/α,β-unsaturated/α-hetero) is 1. The lowest BCUT2D eigenvalue weighted by atomic mass is 9.88. The van der Waals surface area contributed by atoms with Crippen LogP contribution in [0.1, 0.15) is 26.5 Å². The van der Waals surface area contributed by atoms with Crippen molar-refractivity contribution >= 4 is 17.1 Å². The van der Waals surface area contributed by atoms with Crippen LogP contribution in [0.3, 0.4) is 0 Å². The van der Waals surface area contributed by atoms with Gasteiger partial charge < -0.3 is 5.11 Å². The average molecular weight is 196 g/mol. The number of aliphatic hydroxyl groups excluding tert-OH is 1. The fourth-order valence-electron chi connectivity index (χ4n) is 1.79. The van der Waals surface area contributed by atoms with E-state index in [4.69, 9.17) is 5.11 Å². The summed E-state index contributed by atoms with van der Waals surface area (Å²) in [5.41, 5.74) is 0.896. The van der Waals surface area contributed by atoms with Gasteiger partial charge in [0.25, 0.3) is 0 Å². The molecule has 2 rings (SSSR count). The highest BCUT2D eigenvalue weighted by Crippen LogP contribution is 2.31. The van der Waals surface area contributed by atoms with Crippen LogP contribution < -0.4 is 0 Å². The van der Waals surface area contributed by atoms with Crippen molar-refractivity contribution in [2.24, 2.45) is 5.92 Å². The van der Waals surface area contributed by atoms with Gasteiger partial charge in [-0.05, 0) is 25.3 Å². The first-order valence-electron chi connectivity index (χ1n) is 4.44. The minimum Gasteiger partial charge on any atom is -0.396 e. The summed E-state index contributed by atoms with van der Waals surface area (Å²) in [6.07, 6.45) is 1.38. The Kier molecular flexibility index (Phi) is 2.22. The minimum absolute atomic E-state index is 0.127. The van der Waals surface area contributed by atoms with E-state index < -0.39 is 0 Å². The number of carbonyl (C=O) groups is 1. The Morgan fingerprint density at radius 2 is 2.38 bits per heavy atom. The van der Waals surface area contributed by atoms with Gasteiger partial charge in [0.05, 0.1) is 0 Å². The van der Waals surface area contributed by atoms with Crippen LogP contribution in [0, 0.1) is 12.8 Å². The Morgan fingerprint density at radius 3 is 3.08 bits per heavy atom. The van der Waals surface area contributed by atoms with E-state index >= 15 is 0 Å². The molecule has 0 spiro atoms. The van der Waals surface area contributed by atoms with Crippen molar-refractivity contribution in [3.8, 4) is 0 Å². The summed E-state index contributed by atoms with van der Waals surface area (Å²) in [5.74, 6) is 0.350. The monoisotopic (exact) mass is 196 g/mol. The van der Waals surface area contributed by atoms with Gasteiger partial charge >= 0.3 is 0 Å². The topological polar surface area (TPSA) is 37.3 Å². The highest BCUT2D eigenvalue weighted by Gasteiger charge is 2.26. The SMILES string of the molecule is Cc1cc2c(s1)CC(CO)CC2=O. The zero-order valence-electron chi connectivity index (χ0n) is 7.54. The maximum Gasteiger partial charge on any atom is 0.164 e. The third kappa shape index (κ3) is 1.54. The number of hydrogen-bond donors (Lipinski definition) is 1. The molecule has 0 saturated heterocycles. The first-order valence-corrected chi connectivity index (χ1v) is 5.25. The first kappa shape index (κ1) is 8.91. The number of rotatable bonds is 1. The maximum absolute atomic E-state index is 11.6. The zero-order valence-corrected chi connectivity index (χ0v) is 8.36. The van der Waals surface area contributed by atoms with E-state index in [-0.39, 0.29) is 18.3 Å². The van der Waals surface area contributed by atoms with E-state index in [0.29, 0.717) is 6.42 Å². The molecule has 3 heteroatoms. The number of ketones is 1. The van der Waals surface area contributed by atoms with Gasteiger partial charge in [-0.2, -0.15) is 0 Å². The normalized spacial score (nSPS) is 21.7. The quantitative estimate of drug-likeness (QED) is 0.743. The van der Waals surface area contributed by atoms with Gasteiger partial charge in [-0.1, -0.05) is 0 Å². The smallest absolute Gasteiger partial charge is 0.164 e. The molecule has 1 aromatic heterocycles. The lowest BCUT2D eigenvalue weighted by Crippen LogP contribution is -2.20. The summed E-state index contributed by atoms with van der Waals surface area (Å²) in [6.45, 7) is 2.15. The van der Waals surface area contributed by atoms with Gasteiger partial charge in [0.15, 0.2) is 5.78 Å². The second-order valence-electron chi connectivity index (χ2n) is 3.57. The van der Waals surface area contributed by atoms with Gasteiger partial charge in [0.2, 0.25) is 0 Å². The Balaban J connectivity index is 2.36. The molecule has 0 saturated carbocycles. The van der Waals surface area contributed by atoms with Gasteiger partial charge in [0, 0.05) is 28.3 Å². The lowest BCUT2D eigenvalue weighted by molar-refractivity contribution is 0.0921. The van der Waals surface area contributed by atoms with Crippen LogP contribution in [0.25, 0.3) is 0 Å². The van der Waals surface area contributed by atoms with Crippen LogP contribution in [-0.2, 0) is 6.42 Å². The molecule has 1 heterocycles. The van der Waals surface area contributed by atoms with E-state index in [1.807, 2.05) is 13.0 Å². The van der Waals surface area contributed by atoms with Crippen LogP contribution in [-0.4, -0.2) is 17.5 Å². The summed E-state index contributed by atoms with van der Waals surface area (Å²) >= 11 is 1.68. The molecule has 0 fully saturated rings. The van der Waals surface area contributed by atoms with Crippen LogP contribution >= 0.6 is 11.3 Å². The zero-order chi connectivity index (χ0) is 9.42. The minimum atomic E-state index is 0.127. The van der Waals surface area contributed by atoms with E-state index in [2.05, 4.69) is 0 Å². The molecule has 13 heavy (non-hydrogen) atoms. The molecule has 1 aromatic rings. The molecule has 70 valence electrons. The van der Waals surface area contributed by atoms with Gasteiger partial charge in [0.1, 0.15) is 0 Å². The van der Waals surface area contributed by atoms with Gasteiger partial charge in [-0.15, -0.1) is 11.3 Å². The highest BCUT2D eigenvalue weighted by atomic mass is 32.1. The number of aryl methyl sites for hydroxylation is 1. The highest BCUT2D eigenvalue weighted by molar-refractivity contribution is 7.12. The summed E-state index contributed by atoms with van der Waals surface area (Å²) in [6, 6.07) is 1.97. The largest absolute Gasteiger partial charge is 0.396 e. The van der Waals surface area contributed by atoms with Crippen molar-refractivity contribution in [3.05, 3.63) is 21.4 Å². The molecule has 1 aliphatic rings. The van der Waals surface area contributed by atoms with Crippen molar-refractivity contribution in [3.63, 3.8) is 0 Å². The lowest BCUT2D eigenvalue weighted by Gasteiger charge is -2.18. The summed E-state index contributed by atoms with van der Waals surface area (Å²) in [4.78, 5) is 13.9. The summed E-state index contributed by atoms with van der Waals surface area (Å²) in [5, 5.41) is 8.99. The maximum atomic E-state index is 11.6. The van der Waals surface area contributed by atoms with E-state index in [1.54, 1.807) is 11.3 Å². The standard InChI is InChI=1S/C10H12O2S/c1-6-2-8-9(12)3-7(5-11)4-10(8)13-6/h2,7,11H,3-5H2,1H3. The van der Waals surface area contributed by atoms with Crippen LogP contribution in [0.4, 0.5) is 0 Å². The second-order valence-corrected chi connectivity index (χ2v) is 4.91. The predicted octanol–water partition coefficient (Wildman–Crippen LogP) is 1.79. The van der Waals surface area contributed by atoms with Crippen LogP contribution in [0.15, 0.2) is 6.07 Å². The molecule has 0 aliphatic heterocycles. The van der Waals surface area contributed by atoms with Crippen LogP contribution in [0.2, 0.25) is 0 Å². The van der Waals surface area contributed by atoms with Crippen molar-refractivity contribution in [1.82, 2.24) is 0 Å². The molecular formula is C10H12O2S. The fraction of sp³-hybridized carbons (Fsp3) is 0.500. The third-order valence-corrected chi connectivity index (χ3v) is 3.51. The first-order chi connectivity index (χ1) is 6.20. The van der Waals surface area contributed by atoms with Crippen molar-refractivity contribution in [2.45, 2.75) is 19.8 Å². The predicted molar refractivity (Wildman–Crippen MR) is 52.3 cm³/mol. The van der Waals surface area contributed by atoms with Crippen molar-refractivity contribution in [1.29, 1.82) is 0 Å². The molecule has 0 radical (unpaired) electrons. The molecule has 2 nitrogen and oxygen atoms in total. The molecule has 0 bridgehead atoms. The Morgan fingerprint density at radius 1 is 1.62 bits per heavy atom. The van der Waals surface area contributed by atoms with Gasteiger partial charge in [-0.25, -0.2) is 0 Å². The second kappa shape index (κ2) is 3.24. The number of aliphatic hydroxyl groups is 1. The molecule has 1 unspecified atom stereocenters. The van der Waals surface area contributed by atoms with E-state index in [9.17, 15) is 4.79 Å². The molecular weight excluding hydrogens is 184 g/mol. The fourth-order valence-corrected chi connectivity index (χ4v) is 2.95. The average Bonchev–Trinajstić information content (AvgIpc) is 2.46. The van der Waals surface area contributed by atoms with E-state index in [1.165, 1.54) is 4.88 Å². The third-order valence-electron chi connectivity index (χ3n) is 2.44. The molecule has 1 atom stereocenters. The van der Waals surface area contributed by atoms with Gasteiger partial charge in [-0.3, -0.25) is 4.79 Å². The van der Waals surface area contributed by atoms with E-state index in [0.717, 1.165) is 16.9 Å². The Hall–Kier alpha value is -0.670. The Labute approximate surface area is 81.2 Å². The van der Waals surface area contributed by atoms with Crippen molar-refractivity contribution in [2.75, 3.05) is 6.61 Å². The van der Waals surface area contributed by atoms with Crippen LogP contribution in [0.5, 0.6) is 0 Å². The van der Waals surface area contributed by atoms with Crippen molar-refractivity contribution < 1.29 is 9.90 Å². The number of hydrogen-bond acceptors (Lipinski definition) is 3. The summed E-state index contributed by atoms with van der Waals surface area (Å²) in [7, 11) is 0. The number of fused-ring (bicyclic) bond motifs is 1. The molecule has 1 N–H and O–H groups in total.